The third-order valence-electron chi connectivity index (χ3n) is 2.46. The van der Waals surface area contributed by atoms with E-state index in [1.54, 1.807) is 12.5 Å². The maximum absolute atomic E-state index is 12.9. The Balaban J connectivity index is 2.02. The summed E-state index contributed by atoms with van der Waals surface area (Å²) in [6.07, 6.45) is 5.15. The zero-order valence-electron chi connectivity index (χ0n) is 9.51. The number of halogens is 1. The van der Waals surface area contributed by atoms with Crippen molar-refractivity contribution in [1.82, 2.24) is 9.55 Å². The molecule has 18 heavy (non-hydrogen) atoms. The number of rotatable bonds is 5. The van der Waals surface area contributed by atoms with Gasteiger partial charge in [0.05, 0.1) is 11.9 Å². The number of imidazole rings is 1. The molecular formula is C12H12FN3O2. The van der Waals surface area contributed by atoms with Gasteiger partial charge in [-0.3, -0.25) is 0 Å². The molecule has 0 radical (unpaired) electrons. The number of nitrogens with zero attached hydrogens (tertiary/aromatic N) is 2. The molecule has 0 spiro atoms. The number of carboxylic acid groups (broad SMARTS) is 1. The van der Waals surface area contributed by atoms with Crippen LogP contribution in [0, 0.1) is 5.82 Å². The number of benzene rings is 1. The van der Waals surface area contributed by atoms with Gasteiger partial charge in [0.2, 0.25) is 0 Å². The number of nitrogens with one attached hydrogen (secondary N) is 1. The summed E-state index contributed by atoms with van der Waals surface area (Å²) in [5.74, 6) is -1.72. The van der Waals surface area contributed by atoms with Gasteiger partial charge in [-0.25, -0.2) is 14.2 Å². The Labute approximate surface area is 103 Å². The van der Waals surface area contributed by atoms with Crippen molar-refractivity contribution in [2.45, 2.75) is 6.54 Å². The predicted octanol–water partition coefficient (Wildman–Crippen LogP) is 1.83. The highest BCUT2D eigenvalue weighted by Gasteiger charge is 2.10. The number of carboxylic acids is 1. The molecule has 2 aromatic rings. The van der Waals surface area contributed by atoms with E-state index in [1.165, 1.54) is 12.1 Å². The highest BCUT2D eigenvalue weighted by Crippen LogP contribution is 2.16. The van der Waals surface area contributed by atoms with Gasteiger partial charge in [0.15, 0.2) is 0 Å². The highest BCUT2D eigenvalue weighted by atomic mass is 19.1. The Bertz CT molecular complexity index is 540. The monoisotopic (exact) mass is 249 g/mol. The van der Waals surface area contributed by atoms with Crippen LogP contribution in [-0.4, -0.2) is 27.2 Å². The van der Waals surface area contributed by atoms with Crippen LogP contribution >= 0.6 is 0 Å². The Hall–Kier alpha value is -2.37. The number of carbonyl (C=O) groups is 1. The normalized spacial score (nSPS) is 10.3. The van der Waals surface area contributed by atoms with Crippen molar-refractivity contribution in [2.24, 2.45) is 0 Å². The molecule has 2 N–H and O–H groups in total. The summed E-state index contributed by atoms with van der Waals surface area (Å²) in [5.41, 5.74) is 0.338. The van der Waals surface area contributed by atoms with Crippen LogP contribution in [0.2, 0.25) is 0 Å². The lowest BCUT2D eigenvalue weighted by atomic mass is 10.1. The number of hydrogen-bond acceptors (Lipinski definition) is 3. The zero-order valence-corrected chi connectivity index (χ0v) is 9.51. The van der Waals surface area contributed by atoms with E-state index in [0.717, 1.165) is 6.07 Å². The Kier molecular flexibility index (Phi) is 3.57. The molecule has 0 atom stereocenters. The van der Waals surface area contributed by atoms with Crippen molar-refractivity contribution in [3.63, 3.8) is 0 Å². The van der Waals surface area contributed by atoms with Gasteiger partial charge >= 0.3 is 5.97 Å². The summed E-state index contributed by atoms with van der Waals surface area (Å²) in [7, 11) is 0. The fraction of sp³-hybridized carbons (Fsp3) is 0.167. The van der Waals surface area contributed by atoms with E-state index in [2.05, 4.69) is 10.3 Å². The predicted molar refractivity (Wildman–Crippen MR) is 64.1 cm³/mol. The maximum atomic E-state index is 12.9. The Morgan fingerprint density at radius 1 is 1.50 bits per heavy atom. The van der Waals surface area contributed by atoms with E-state index < -0.39 is 11.8 Å². The standard InChI is InChI=1S/C12H12FN3O2/c13-9-1-2-11(10(7-9)12(17)18)15-4-6-16-5-3-14-8-16/h1-3,5,7-8,15H,4,6H2,(H,17,18). The van der Waals surface area contributed by atoms with Crippen molar-refractivity contribution in [2.75, 3.05) is 11.9 Å². The summed E-state index contributed by atoms with van der Waals surface area (Å²) < 4.78 is 14.8. The van der Waals surface area contributed by atoms with Gasteiger partial charge < -0.3 is 15.0 Å². The Morgan fingerprint density at radius 2 is 2.33 bits per heavy atom. The smallest absolute Gasteiger partial charge is 0.337 e. The van der Waals surface area contributed by atoms with Crippen LogP contribution in [0.4, 0.5) is 10.1 Å². The maximum Gasteiger partial charge on any atom is 0.337 e. The quantitative estimate of drug-likeness (QED) is 0.848. The first-order valence-electron chi connectivity index (χ1n) is 5.39. The first kappa shape index (κ1) is 12.1. The highest BCUT2D eigenvalue weighted by molar-refractivity contribution is 5.94. The lowest BCUT2D eigenvalue weighted by Gasteiger charge is -2.09. The van der Waals surface area contributed by atoms with Crippen LogP contribution in [-0.2, 0) is 6.54 Å². The lowest BCUT2D eigenvalue weighted by Crippen LogP contribution is -2.12. The van der Waals surface area contributed by atoms with E-state index in [-0.39, 0.29) is 5.56 Å². The van der Waals surface area contributed by atoms with Crippen molar-refractivity contribution in [3.8, 4) is 0 Å². The van der Waals surface area contributed by atoms with Crippen LogP contribution in [0.15, 0.2) is 36.9 Å². The third kappa shape index (κ3) is 2.85. The number of anilines is 1. The minimum absolute atomic E-state index is 0.0689. The fourth-order valence-corrected chi connectivity index (χ4v) is 1.59. The van der Waals surface area contributed by atoms with Crippen LogP contribution in [0.3, 0.4) is 0 Å². The molecule has 2 rings (SSSR count). The number of hydrogen-bond donors (Lipinski definition) is 2. The van der Waals surface area contributed by atoms with Gasteiger partial charge in [0, 0.05) is 31.2 Å². The third-order valence-corrected chi connectivity index (χ3v) is 2.46. The molecule has 1 aromatic heterocycles. The van der Waals surface area contributed by atoms with Gasteiger partial charge in [-0.15, -0.1) is 0 Å². The summed E-state index contributed by atoms with van der Waals surface area (Å²) in [6, 6.07) is 3.65. The van der Waals surface area contributed by atoms with Crippen molar-refractivity contribution >= 4 is 11.7 Å². The van der Waals surface area contributed by atoms with Gasteiger partial charge in [0.25, 0.3) is 0 Å². The largest absolute Gasteiger partial charge is 0.478 e. The molecular weight excluding hydrogens is 237 g/mol. The minimum atomic E-state index is -1.15. The molecule has 1 heterocycles. The molecule has 94 valence electrons. The summed E-state index contributed by atoms with van der Waals surface area (Å²) in [6.45, 7) is 1.18. The van der Waals surface area contributed by atoms with E-state index in [9.17, 15) is 9.18 Å². The van der Waals surface area contributed by atoms with Crippen LogP contribution < -0.4 is 5.32 Å². The van der Waals surface area contributed by atoms with Gasteiger partial charge in [0.1, 0.15) is 5.82 Å². The second kappa shape index (κ2) is 5.31. The topological polar surface area (TPSA) is 67.2 Å². The first-order chi connectivity index (χ1) is 8.66. The minimum Gasteiger partial charge on any atom is -0.478 e. The average molecular weight is 249 g/mol. The molecule has 0 amide bonds. The average Bonchev–Trinajstić information content (AvgIpc) is 2.84. The van der Waals surface area contributed by atoms with Crippen molar-refractivity contribution in [1.29, 1.82) is 0 Å². The molecule has 0 unspecified atom stereocenters. The molecule has 6 heteroatoms. The van der Waals surface area contributed by atoms with Crippen molar-refractivity contribution in [3.05, 3.63) is 48.3 Å². The van der Waals surface area contributed by atoms with E-state index in [1.807, 2.05) is 10.8 Å². The zero-order chi connectivity index (χ0) is 13.0. The second-order valence-electron chi connectivity index (χ2n) is 3.72. The molecule has 0 fully saturated rings. The molecule has 0 saturated heterocycles. The SMILES string of the molecule is O=C(O)c1cc(F)ccc1NCCn1ccnc1. The van der Waals surface area contributed by atoms with Gasteiger partial charge in [-0.1, -0.05) is 0 Å². The van der Waals surface area contributed by atoms with E-state index in [0.29, 0.717) is 18.8 Å². The summed E-state index contributed by atoms with van der Waals surface area (Å²) in [4.78, 5) is 14.8. The molecule has 0 bridgehead atoms. The van der Waals surface area contributed by atoms with Crippen LogP contribution in [0.5, 0.6) is 0 Å². The Morgan fingerprint density at radius 3 is 3.00 bits per heavy atom. The van der Waals surface area contributed by atoms with Crippen molar-refractivity contribution < 1.29 is 14.3 Å². The second-order valence-corrected chi connectivity index (χ2v) is 3.72. The van der Waals surface area contributed by atoms with Gasteiger partial charge in [-0.05, 0) is 18.2 Å². The lowest BCUT2D eigenvalue weighted by molar-refractivity contribution is 0.0697. The number of aromatic carboxylic acids is 1. The molecule has 1 aromatic carbocycles. The summed E-state index contributed by atoms with van der Waals surface area (Å²) >= 11 is 0. The fourth-order valence-electron chi connectivity index (χ4n) is 1.59. The van der Waals surface area contributed by atoms with E-state index >= 15 is 0 Å². The van der Waals surface area contributed by atoms with E-state index in [4.69, 9.17) is 5.11 Å². The first-order valence-corrected chi connectivity index (χ1v) is 5.39. The molecule has 0 aliphatic rings. The molecule has 0 aliphatic heterocycles. The molecule has 5 nitrogen and oxygen atoms in total. The van der Waals surface area contributed by atoms with Gasteiger partial charge in [-0.2, -0.15) is 0 Å². The van der Waals surface area contributed by atoms with Crippen LogP contribution in [0.25, 0.3) is 0 Å². The molecule has 0 aliphatic carbocycles. The molecule has 0 saturated carbocycles. The van der Waals surface area contributed by atoms with Crippen LogP contribution in [0.1, 0.15) is 10.4 Å². The number of aromatic nitrogens is 2. The summed E-state index contributed by atoms with van der Waals surface area (Å²) in [5, 5.41) is 11.9.